The van der Waals surface area contributed by atoms with E-state index in [4.69, 9.17) is 5.73 Å². The molecule has 4 N–H and O–H groups in total. The van der Waals surface area contributed by atoms with Gasteiger partial charge in [0, 0.05) is 18.4 Å². The van der Waals surface area contributed by atoms with E-state index in [1.54, 1.807) is 6.07 Å². The van der Waals surface area contributed by atoms with Crippen LogP contribution in [0.2, 0.25) is 0 Å². The predicted molar refractivity (Wildman–Crippen MR) is 79.4 cm³/mol. The number of amides is 2. The van der Waals surface area contributed by atoms with Crippen molar-refractivity contribution in [3.05, 3.63) is 35.9 Å². The molecule has 1 aliphatic heterocycles. The molecule has 3 rings (SSSR count). The zero-order valence-electron chi connectivity index (χ0n) is 11.4. The first-order valence-corrected chi connectivity index (χ1v) is 6.78. The van der Waals surface area contributed by atoms with Crippen molar-refractivity contribution in [1.29, 1.82) is 0 Å². The van der Waals surface area contributed by atoms with Gasteiger partial charge in [-0.05, 0) is 30.2 Å². The lowest BCUT2D eigenvalue weighted by Gasteiger charge is -2.26. The Hall–Kier alpha value is -2.63. The number of nitrogens with one attached hydrogen (secondary N) is 2. The third-order valence-electron chi connectivity index (χ3n) is 3.94. The van der Waals surface area contributed by atoms with Crippen molar-refractivity contribution in [2.45, 2.75) is 18.4 Å². The van der Waals surface area contributed by atoms with Gasteiger partial charge < -0.3 is 16.4 Å². The first-order chi connectivity index (χ1) is 10.1. The van der Waals surface area contributed by atoms with Crippen molar-refractivity contribution in [1.82, 2.24) is 15.6 Å². The number of hydrogen-bond donors (Lipinski definition) is 3. The molecule has 2 aromatic rings. The summed E-state index contributed by atoms with van der Waals surface area (Å²) in [6, 6.07) is 9.34. The maximum absolute atomic E-state index is 12.1. The van der Waals surface area contributed by atoms with E-state index in [0.29, 0.717) is 31.6 Å². The molecule has 0 spiro atoms. The molecule has 0 bridgehead atoms. The molecule has 1 fully saturated rings. The summed E-state index contributed by atoms with van der Waals surface area (Å²) in [7, 11) is 0. The molecule has 1 aliphatic rings. The van der Waals surface area contributed by atoms with Crippen LogP contribution >= 0.6 is 0 Å². The second-order valence-electron chi connectivity index (χ2n) is 5.25. The van der Waals surface area contributed by atoms with Gasteiger partial charge in [-0.25, -0.2) is 4.98 Å². The average molecular weight is 284 g/mol. The summed E-state index contributed by atoms with van der Waals surface area (Å²) < 4.78 is 0. The molecule has 6 heteroatoms. The Morgan fingerprint density at radius 3 is 2.95 bits per heavy atom. The fourth-order valence-corrected chi connectivity index (χ4v) is 2.86. The Labute approximate surface area is 121 Å². The molecule has 0 radical (unpaired) electrons. The molecule has 1 atom stereocenters. The number of fused-ring (bicyclic) bond motifs is 1. The number of pyridine rings is 1. The largest absolute Gasteiger partial charge is 0.384 e. The van der Waals surface area contributed by atoms with E-state index < -0.39 is 5.54 Å². The van der Waals surface area contributed by atoms with Crippen molar-refractivity contribution < 1.29 is 9.59 Å². The van der Waals surface area contributed by atoms with Crippen LogP contribution in [0.15, 0.2) is 30.3 Å². The number of nitrogens with two attached hydrogens (primary N) is 1. The van der Waals surface area contributed by atoms with Crippen LogP contribution in [0.4, 0.5) is 5.82 Å². The highest BCUT2D eigenvalue weighted by Gasteiger charge is 2.42. The summed E-state index contributed by atoms with van der Waals surface area (Å²) in [5.41, 5.74) is 6.57. The van der Waals surface area contributed by atoms with E-state index in [1.165, 1.54) is 0 Å². The lowest BCUT2D eigenvalue weighted by Crippen LogP contribution is -2.52. The normalized spacial score (nSPS) is 21.2. The molecular formula is C15H16N4O2. The zero-order chi connectivity index (χ0) is 14.9. The van der Waals surface area contributed by atoms with E-state index in [2.05, 4.69) is 15.6 Å². The van der Waals surface area contributed by atoms with Crippen molar-refractivity contribution in [2.24, 2.45) is 0 Å². The van der Waals surface area contributed by atoms with Gasteiger partial charge in [0.1, 0.15) is 11.4 Å². The van der Waals surface area contributed by atoms with Gasteiger partial charge in [0.05, 0.1) is 5.52 Å². The summed E-state index contributed by atoms with van der Waals surface area (Å²) in [6.07, 6.45) is 1.59. The van der Waals surface area contributed by atoms with Crippen LogP contribution in [-0.4, -0.2) is 29.4 Å². The van der Waals surface area contributed by atoms with Gasteiger partial charge in [-0.2, -0.15) is 0 Å². The third-order valence-corrected chi connectivity index (χ3v) is 3.94. The number of nitrogens with zero attached hydrogens (tertiary/aromatic N) is 1. The van der Waals surface area contributed by atoms with Gasteiger partial charge >= 0.3 is 0 Å². The number of hydrogen-bond acceptors (Lipinski definition) is 4. The van der Waals surface area contributed by atoms with Crippen LogP contribution in [0.3, 0.4) is 0 Å². The van der Waals surface area contributed by atoms with Crippen LogP contribution in [-0.2, 0) is 16.0 Å². The quantitative estimate of drug-likeness (QED) is 0.706. The smallest absolute Gasteiger partial charge is 0.246 e. The van der Waals surface area contributed by atoms with Gasteiger partial charge in [-0.15, -0.1) is 0 Å². The summed E-state index contributed by atoms with van der Waals surface area (Å²) in [6.45, 7) is 0.565. The Bertz CT molecular complexity index is 716. The number of benzene rings is 1. The molecule has 2 amide bonds. The maximum Gasteiger partial charge on any atom is 0.246 e. The van der Waals surface area contributed by atoms with Crippen LogP contribution in [0, 0.1) is 0 Å². The Morgan fingerprint density at radius 1 is 1.38 bits per heavy atom. The van der Waals surface area contributed by atoms with E-state index in [1.807, 2.05) is 24.3 Å². The maximum atomic E-state index is 12.1. The first-order valence-electron chi connectivity index (χ1n) is 6.78. The van der Waals surface area contributed by atoms with Gasteiger partial charge in [0.15, 0.2) is 0 Å². The molecule has 6 nitrogen and oxygen atoms in total. The second-order valence-corrected chi connectivity index (χ2v) is 5.25. The fraction of sp³-hybridized carbons (Fsp3) is 0.267. The second kappa shape index (κ2) is 5.05. The molecule has 108 valence electrons. The average Bonchev–Trinajstić information content (AvgIpc) is 2.80. The van der Waals surface area contributed by atoms with Crippen molar-refractivity contribution in [2.75, 3.05) is 12.3 Å². The van der Waals surface area contributed by atoms with E-state index >= 15 is 0 Å². The number of anilines is 1. The van der Waals surface area contributed by atoms with Crippen molar-refractivity contribution >= 4 is 29.0 Å². The minimum absolute atomic E-state index is 0.144. The first kappa shape index (κ1) is 13.4. The Morgan fingerprint density at radius 2 is 2.24 bits per heavy atom. The highest BCUT2D eigenvalue weighted by atomic mass is 16.2. The zero-order valence-corrected chi connectivity index (χ0v) is 11.4. The summed E-state index contributed by atoms with van der Waals surface area (Å²) in [4.78, 5) is 27.3. The topological polar surface area (TPSA) is 97.1 Å². The third kappa shape index (κ3) is 2.29. The minimum Gasteiger partial charge on any atom is -0.384 e. The number of rotatable bonds is 4. The minimum atomic E-state index is -0.878. The number of nitrogen functional groups attached to an aromatic ring is 1. The van der Waals surface area contributed by atoms with E-state index in [9.17, 15) is 9.59 Å². The Balaban J connectivity index is 2.04. The predicted octanol–water partition coefficient (Wildman–Crippen LogP) is 0.364. The van der Waals surface area contributed by atoms with Gasteiger partial charge in [0.2, 0.25) is 12.3 Å². The molecule has 21 heavy (non-hydrogen) atoms. The molecule has 0 unspecified atom stereocenters. The summed E-state index contributed by atoms with van der Waals surface area (Å²) in [5, 5.41) is 6.41. The molecule has 0 aliphatic carbocycles. The molecular weight excluding hydrogens is 268 g/mol. The fourth-order valence-electron chi connectivity index (χ4n) is 2.86. The van der Waals surface area contributed by atoms with Crippen LogP contribution in [0.5, 0.6) is 0 Å². The van der Waals surface area contributed by atoms with Gasteiger partial charge in [-0.3, -0.25) is 9.59 Å². The van der Waals surface area contributed by atoms with Gasteiger partial charge in [0.25, 0.3) is 0 Å². The van der Waals surface area contributed by atoms with E-state index in [-0.39, 0.29) is 5.91 Å². The monoisotopic (exact) mass is 284 g/mol. The van der Waals surface area contributed by atoms with Crippen LogP contribution in [0.1, 0.15) is 12.0 Å². The lowest BCUT2D eigenvalue weighted by molar-refractivity contribution is -0.127. The highest BCUT2D eigenvalue weighted by molar-refractivity contribution is 5.92. The van der Waals surface area contributed by atoms with Crippen LogP contribution in [0.25, 0.3) is 10.9 Å². The molecule has 1 aromatic heterocycles. The number of carbonyl (C=O) groups is 2. The molecule has 1 aromatic carbocycles. The standard InChI is InChI=1S/C15H16N4O2/c16-13-5-4-11-10(2-1-3-12(11)19-13)8-15(18-9-20)6-7-17-14(15)21/h1-5,9H,6-8H2,(H2,16,19)(H,17,21)(H,18,20)/t15-/m1/s1. The van der Waals surface area contributed by atoms with Crippen molar-refractivity contribution in [3.63, 3.8) is 0 Å². The molecule has 0 saturated carbocycles. The number of aromatic nitrogens is 1. The molecule has 2 heterocycles. The molecule has 1 saturated heterocycles. The van der Waals surface area contributed by atoms with Gasteiger partial charge in [-0.1, -0.05) is 12.1 Å². The lowest BCUT2D eigenvalue weighted by atomic mass is 9.88. The Kier molecular flexibility index (Phi) is 3.21. The van der Waals surface area contributed by atoms with Crippen LogP contribution < -0.4 is 16.4 Å². The highest BCUT2D eigenvalue weighted by Crippen LogP contribution is 2.26. The summed E-state index contributed by atoms with van der Waals surface area (Å²) in [5.74, 6) is 0.314. The summed E-state index contributed by atoms with van der Waals surface area (Å²) >= 11 is 0. The number of carbonyl (C=O) groups excluding carboxylic acids is 2. The van der Waals surface area contributed by atoms with Crippen molar-refractivity contribution in [3.8, 4) is 0 Å². The SMILES string of the molecule is Nc1ccc2c(C[C@]3(NC=O)CCNC3=O)cccc2n1. The van der Waals surface area contributed by atoms with E-state index in [0.717, 1.165) is 16.5 Å².